The zero-order valence-electron chi connectivity index (χ0n) is 14.4. The Hall–Kier alpha value is -1.79. The summed E-state index contributed by atoms with van der Waals surface area (Å²) in [6, 6.07) is 26.3. The molecule has 132 valence electrons. The number of carbonyl (C=O) groups excluding carboxylic acids is 1. The van der Waals surface area contributed by atoms with Crippen molar-refractivity contribution in [1.29, 1.82) is 0 Å². The van der Waals surface area contributed by atoms with Crippen molar-refractivity contribution in [3.05, 3.63) is 78.4 Å². The zero-order chi connectivity index (χ0) is 18.1. The first-order chi connectivity index (χ1) is 12.6. The third-order valence-electron chi connectivity index (χ3n) is 4.61. The van der Waals surface area contributed by atoms with Gasteiger partial charge in [0.15, 0.2) is 0 Å². The Morgan fingerprint density at radius 1 is 0.885 bits per heavy atom. The molecule has 3 aromatic rings. The van der Waals surface area contributed by atoms with E-state index in [1.54, 1.807) is 0 Å². The first kappa shape index (κ1) is 17.6. The highest BCUT2D eigenvalue weighted by Gasteiger charge is 2.37. The number of rotatable bonds is 4. The fourth-order valence-corrected chi connectivity index (χ4v) is 9.33. The van der Waals surface area contributed by atoms with Crippen molar-refractivity contribution in [3.8, 4) is 11.1 Å². The second-order valence-electron chi connectivity index (χ2n) is 6.26. The van der Waals surface area contributed by atoms with Crippen molar-refractivity contribution in [2.24, 2.45) is 0 Å². The molecule has 4 rings (SSSR count). The number of esters is 1. The summed E-state index contributed by atoms with van der Waals surface area (Å²) in [5.41, 5.74) is 3.90. The predicted octanol–water partition coefficient (Wildman–Crippen LogP) is 6.40. The van der Waals surface area contributed by atoms with Crippen LogP contribution in [0.5, 0.6) is 0 Å². The standard InChI is InChI=1S/C22H19IO2S/c1-16(24)25-15-14-17-10-12-18(13-11-17)26(23)21-8-4-2-6-19(21)20-7-3-5-9-22(20)26/h2-13H,14-15H2,1H3. The van der Waals surface area contributed by atoms with E-state index in [1.165, 1.54) is 38.3 Å². The van der Waals surface area contributed by atoms with Gasteiger partial charge in [0.25, 0.3) is 0 Å². The van der Waals surface area contributed by atoms with Crippen LogP contribution in [-0.2, 0) is 16.0 Å². The second-order valence-corrected chi connectivity index (χ2v) is 12.7. The molecular formula is C22H19IO2S. The van der Waals surface area contributed by atoms with Crippen LogP contribution in [0, 0.1) is 0 Å². The van der Waals surface area contributed by atoms with Gasteiger partial charge in [-0.1, -0.05) is 48.5 Å². The molecule has 0 saturated heterocycles. The second kappa shape index (κ2) is 7.08. The minimum absolute atomic E-state index is 0.226. The van der Waals surface area contributed by atoms with Gasteiger partial charge in [-0.2, -0.15) is 0 Å². The fourth-order valence-electron chi connectivity index (χ4n) is 3.40. The molecule has 26 heavy (non-hydrogen) atoms. The summed E-state index contributed by atoms with van der Waals surface area (Å²) in [4.78, 5) is 15.1. The lowest BCUT2D eigenvalue weighted by Gasteiger charge is -2.31. The van der Waals surface area contributed by atoms with Crippen LogP contribution in [-0.4, -0.2) is 12.6 Å². The van der Waals surface area contributed by atoms with Gasteiger partial charge in [0.1, 0.15) is 0 Å². The van der Waals surface area contributed by atoms with Crippen molar-refractivity contribution >= 4 is 34.4 Å². The lowest BCUT2D eigenvalue weighted by molar-refractivity contribution is -0.140. The maximum Gasteiger partial charge on any atom is 0.302 e. The monoisotopic (exact) mass is 474 g/mol. The van der Waals surface area contributed by atoms with Gasteiger partial charge in [0.2, 0.25) is 0 Å². The fraction of sp³-hybridized carbons (Fsp3) is 0.136. The summed E-state index contributed by atoms with van der Waals surface area (Å²) in [6.07, 6.45) is 0.747. The highest BCUT2D eigenvalue weighted by Crippen LogP contribution is 2.80. The number of hydrogen-bond acceptors (Lipinski definition) is 2. The maximum atomic E-state index is 10.9. The molecular weight excluding hydrogens is 455 g/mol. The molecule has 0 unspecified atom stereocenters. The van der Waals surface area contributed by atoms with E-state index in [0.717, 1.165) is 6.42 Å². The topological polar surface area (TPSA) is 26.3 Å². The van der Waals surface area contributed by atoms with Gasteiger partial charge in [0.05, 0.1) is 6.61 Å². The van der Waals surface area contributed by atoms with Crippen molar-refractivity contribution in [3.63, 3.8) is 0 Å². The van der Waals surface area contributed by atoms with Crippen LogP contribution in [0.25, 0.3) is 11.1 Å². The number of fused-ring (bicyclic) bond motifs is 3. The number of carbonyl (C=O) groups is 1. The largest absolute Gasteiger partial charge is 0.466 e. The smallest absolute Gasteiger partial charge is 0.302 e. The van der Waals surface area contributed by atoms with Gasteiger partial charge in [0, 0.05) is 28.0 Å². The molecule has 1 aliphatic heterocycles. The first-order valence-corrected chi connectivity index (χ1v) is 12.7. The lowest BCUT2D eigenvalue weighted by atomic mass is 10.1. The Morgan fingerprint density at radius 2 is 1.42 bits per heavy atom. The van der Waals surface area contributed by atoms with Gasteiger partial charge in [-0.25, -0.2) is 0 Å². The number of benzene rings is 3. The van der Waals surface area contributed by atoms with Crippen LogP contribution in [0.15, 0.2) is 87.5 Å². The molecule has 1 heterocycles. The van der Waals surface area contributed by atoms with E-state index in [0.29, 0.717) is 6.61 Å². The van der Waals surface area contributed by atoms with Crippen LogP contribution in [0.2, 0.25) is 0 Å². The van der Waals surface area contributed by atoms with E-state index in [4.69, 9.17) is 4.74 Å². The Kier molecular flexibility index (Phi) is 4.80. The zero-order valence-corrected chi connectivity index (χ0v) is 17.4. The van der Waals surface area contributed by atoms with Gasteiger partial charge in [-0.15, -0.1) is 7.20 Å². The van der Waals surface area contributed by atoms with Gasteiger partial charge in [-0.3, -0.25) is 4.79 Å². The Bertz CT molecular complexity index is 920. The van der Waals surface area contributed by atoms with Crippen molar-refractivity contribution in [2.45, 2.75) is 28.0 Å². The van der Waals surface area contributed by atoms with Gasteiger partial charge < -0.3 is 4.74 Å². The molecule has 0 amide bonds. The van der Waals surface area contributed by atoms with E-state index >= 15 is 0 Å². The Labute approximate surface area is 167 Å². The summed E-state index contributed by atoms with van der Waals surface area (Å²) in [6.45, 7) is 1.88. The minimum atomic E-state index is -1.27. The summed E-state index contributed by atoms with van der Waals surface area (Å²) < 4.78 is 5.05. The molecule has 0 aliphatic carbocycles. The van der Waals surface area contributed by atoms with E-state index in [1.807, 2.05) is 0 Å². The summed E-state index contributed by atoms with van der Waals surface area (Å²) in [5.74, 6) is -0.226. The lowest BCUT2D eigenvalue weighted by Crippen LogP contribution is -2.03. The maximum absolute atomic E-state index is 10.9. The third kappa shape index (κ3) is 2.95. The van der Waals surface area contributed by atoms with E-state index in [-0.39, 0.29) is 5.97 Å². The van der Waals surface area contributed by atoms with Gasteiger partial charge in [-0.05, 0) is 62.2 Å². The molecule has 0 N–H and O–H groups in total. The number of hydrogen-bond donors (Lipinski definition) is 0. The molecule has 0 radical (unpaired) electrons. The first-order valence-electron chi connectivity index (χ1n) is 8.54. The van der Waals surface area contributed by atoms with Crippen molar-refractivity contribution in [1.82, 2.24) is 0 Å². The van der Waals surface area contributed by atoms with Crippen molar-refractivity contribution < 1.29 is 9.53 Å². The molecule has 4 heteroatoms. The Balaban J connectivity index is 1.72. The normalized spacial score (nSPS) is 15.0. The Morgan fingerprint density at radius 3 is 1.96 bits per heavy atom. The predicted molar refractivity (Wildman–Crippen MR) is 115 cm³/mol. The van der Waals surface area contributed by atoms with Crippen LogP contribution in [0.3, 0.4) is 0 Å². The van der Waals surface area contributed by atoms with E-state index in [2.05, 4.69) is 94.0 Å². The highest BCUT2D eigenvalue weighted by atomic mass is 127. The van der Waals surface area contributed by atoms with Crippen LogP contribution < -0.4 is 0 Å². The molecule has 1 aliphatic rings. The molecule has 0 aromatic heterocycles. The van der Waals surface area contributed by atoms with E-state index < -0.39 is 7.20 Å². The average Bonchev–Trinajstić information content (AvgIpc) is 2.93. The summed E-state index contributed by atoms with van der Waals surface area (Å²) in [5, 5.41) is 0. The molecule has 0 atom stereocenters. The summed E-state index contributed by atoms with van der Waals surface area (Å²) in [7, 11) is -1.27. The number of ether oxygens (including phenoxy) is 1. The van der Waals surface area contributed by atoms with Crippen LogP contribution in [0.1, 0.15) is 12.5 Å². The number of halogens is 1. The quantitative estimate of drug-likeness (QED) is 0.323. The molecule has 2 nitrogen and oxygen atoms in total. The molecule has 3 aromatic carbocycles. The van der Waals surface area contributed by atoms with Crippen LogP contribution in [0.4, 0.5) is 0 Å². The minimum Gasteiger partial charge on any atom is -0.466 e. The van der Waals surface area contributed by atoms with Crippen LogP contribution >= 0.6 is 28.4 Å². The molecule has 0 fully saturated rings. The molecule has 0 spiro atoms. The third-order valence-corrected chi connectivity index (χ3v) is 11.8. The molecule has 0 saturated carbocycles. The SMILES string of the molecule is CC(=O)OCCc1ccc(S2(I)c3ccccc3-c3ccccc32)cc1. The average molecular weight is 474 g/mol. The highest BCUT2D eigenvalue weighted by molar-refractivity contribution is 14.2. The van der Waals surface area contributed by atoms with Gasteiger partial charge >= 0.3 is 5.97 Å². The van der Waals surface area contributed by atoms with E-state index in [9.17, 15) is 4.79 Å². The molecule has 0 bridgehead atoms. The van der Waals surface area contributed by atoms with Crippen molar-refractivity contribution in [2.75, 3.05) is 6.61 Å². The summed E-state index contributed by atoms with van der Waals surface area (Å²) >= 11 is 2.68.